The first-order valence-electron chi connectivity index (χ1n) is 16.7. The summed E-state index contributed by atoms with van der Waals surface area (Å²) in [6.45, 7) is 6.25. The second kappa shape index (κ2) is 16.7. The van der Waals surface area contributed by atoms with Gasteiger partial charge in [-0.05, 0) is 74.8 Å². The van der Waals surface area contributed by atoms with Crippen molar-refractivity contribution in [3.63, 3.8) is 0 Å². The van der Waals surface area contributed by atoms with Gasteiger partial charge in [0.2, 0.25) is 15.9 Å². The van der Waals surface area contributed by atoms with Crippen LogP contribution in [0.4, 0.5) is 5.69 Å². The number of amides is 3. The molecule has 4 rings (SSSR count). The van der Waals surface area contributed by atoms with E-state index in [9.17, 15) is 22.8 Å². The molecular formula is C37H49N5O5S. The lowest BCUT2D eigenvalue weighted by Crippen LogP contribution is -2.52. The molecule has 4 atom stereocenters. The number of rotatable bonds is 17. The van der Waals surface area contributed by atoms with Crippen molar-refractivity contribution in [3.8, 4) is 0 Å². The first kappa shape index (κ1) is 36.6. The summed E-state index contributed by atoms with van der Waals surface area (Å²) >= 11 is 0. The van der Waals surface area contributed by atoms with Gasteiger partial charge >= 0.3 is 0 Å². The summed E-state index contributed by atoms with van der Waals surface area (Å²) in [5, 5.41) is 12.6. The van der Waals surface area contributed by atoms with Crippen LogP contribution in [0.2, 0.25) is 0 Å². The molecule has 0 heterocycles. The third kappa shape index (κ3) is 10.6. The van der Waals surface area contributed by atoms with Gasteiger partial charge in [0.1, 0.15) is 0 Å². The van der Waals surface area contributed by atoms with E-state index >= 15 is 0 Å². The van der Waals surface area contributed by atoms with Gasteiger partial charge in [-0.3, -0.25) is 18.7 Å². The van der Waals surface area contributed by atoms with Crippen molar-refractivity contribution in [2.24, 2.45) is 5.92 Å². The van der Waals surface area contributed by atoms with Crippen LogP contribution in [0, 0.1) is 5.92 Å². The van der Waals surface area contributed by atoms with E-state index in [1.807, 2.05) is 81.4 Å². The lowest BCUT2D eigenvalue weighted by Gasteiger charge is -2.25. The predicted molar refractivity (Wildman–Crippen MR) is 190 cm³/mol. The lowest BCUT2D eigenvalue weighted by atomic mass is 10.0. The fraction of sp³-hybridized carbons (Fsp3) is 0.432. The Kier molecular flexibility index (Phi) is 12.8. The number of nitrogens with zero attached hydrogens (tertiary/aromatic N) is 1. The zero-order valence-electron chi connectivity index (χ0n) is 28.5. The zero-order chi connectivity index (χ0) is 34.8. The van der Waals surface area contributed by atoms with Gasteiger partial charge in [-0.2, -0.15) is 0 Å². The number of sulfonamides is 1. The highest BCUT2D eigenvalue weighted by Gasteiger charge is 2.31. The van der Waals surface area contributed by atoms with Crippen molar-refractivity contribution in [1.82, 2.24) is 21.3 Å². The highest BCUT2D eigenvalue weighted by atomic mass is 32.2. The number of hydrogen-bond acceptors (Lipinski definition) is 6. The summed E-state index contributed by atoms with van der Waals surface area (Å²) in [4.78, 5) is 40.5. The molecule has 0 saturated heterocycles. The summed E-state index contributed by atoms with van der Waals surface area (Å²) in [7, 11) is -2.31. The average molecular weight is 676 g/mol. The van der Waals surface area contributed by atoms with Crippen LogP contribution in [0.25, 0.3) is 0 Å². The predicted octanol–water partition coefficient (Wildman–Crippen LogP) is 4.59. The van der Waals surface area contributed by atoms with E-state index in [4.69, 9.17) is 0 Å². The van der Waals surface area contributed by atoms with E-state index in [-0.39, 0.29) is 34.8 Å². The van der Waals surface area contributed by atoms with Crippen LogP contribution < -0.4 is 25.6 Å². The highest BCUT2D eigenvalue weighted by Crippen LogP contribution is 2.32. The monoisotopic (exact) mass is 675 g/mol. The van der Waals surface area contributed by atoms with Crippen LogP contribution in [0.1, 0.15) is 84.3 Å². The molecule has 258 valence electrons. The Morgan fingerprint density at radius 1 is 0.854 bits per heavy atom. The SMILES string of the molecule is CCC[C@H](NC[C@H](Cc1ccccc1)NC(=O)c1cc(C(=O)N[C@H](C)c2ccccc2)cc(N(C)S(C)(=O)=O)c1)C(=O)NC(C)C1CC1. The van der Waals surface area contributed by atoms with Crippen molar-refractivity contribution in [1.29, 1.82) is 0 Å². The molecule has 4 N–H and O–H groups in total. The summed E-state index contributed by atoms with van der Waals surface area (Å²) in [5.74, 6) is -0.420. The maximum atomic E-state index is 13.9. The van der Waals surface area contributed by atoms with Crippen LogP contribution in [-0.4, -0.2) is 64.1 Å². The van der Waals surface area contributed by atoms with E-state index in [1.54, 1.807) is 0 Å². The summed E-state index contributed by atoms with van der Waals surface area (Å²) < 4.78 is 26.0. The minimum Gasteiger partial charge on any atom is -0.352 e. The van der Waals surface area contributed by atoms with Crippen molar-refractivity contribution in [2.75, 3.05) is 24.2 Å². The maximum Gasteiger partial charge on any atom is 0.251 e. The molecule has 0 aromatic heterocycles. The van der Waals surface area contributed by atoms with Crippen molar-refractivity contribution in [2.45, 2.75) is 77.0 Å². The molecule has 10 nitrogen and oxygen atoms in total. The Bertz CT molecular complexity index is 1650. The average Bonchev–Trinajstić information content (AvgIpc) is 3.92. The molecule has 0 spiro atoms. The third-order valence-electron chi connectivity index (χ3n) is 8.81. The molecule has 1 saturated carbocycles. The molecule has 0 radical (unpaired) electrons. The molecule has 0 bridgehead atoms. The Labute approximate surface area is 285 Å². The molecule has 11 heteroatoms. The first-order valence-corrected chi connectivity index (χ1v) is 18.5. The minimum atomic E-state index is -3.69. The molecule has 1 unspecified atom stereocenters. The van der Waals surface area contributed by atoms with Crippen molar-refractivity contribution >= 4 is 33.4 Å². The molecule has 48 heavy (non-hydrogen) atoms. The second-order valence-electron chi connectivity index (χ2n) is 12.8. The Hall–Kier alpha value is -4.22. The van der Waals surface area contributed by atoms with Gasteiger partial charge in [-0.25, -0.2) is 8.42 Å². The summed E-state index contributed by atoms with van der Waals surface area (Å²) in [5.41, 5.74) is 2.38. The van der Waals surface area contributed by atoms with Gasteiger partial charge < -0.3 is 21.3 Å². The van der Waals surface area contributed by atoms with E-state index in [2.05, 4.69) is 21.3 Å². The first-order chi connectivity index (χ1) is 22.8. The summed E-state index contributed by atoms with van der Waals surface area (Å²) in [6.07, 6.45) is 5.28. The van der Waals surface area contributed by atoms with E-state index in [1.165, 1.54) is 25.2 Å². The van der Waals surface area contributed by atoms with Crippen molar-refractivity contribution < 1.29 is 22.8 Å². The number of nitrogens with one attached hydrogen (secondary N) is 4. The van der Waals surface area contributed by atoms with Crippen LogP contribution in [0.15, 0.2) is 78.9 Å². The third-order valence-corrected chi connectivity index (χ3v) is 10.0. The molecule has 1 fully saturated rings. The molecule has 1 aliphatic rings. The van der Waals surface area contributed by atoms with Gasteiger partial charge in [0, 0.05) is 36.8 Å². The summed E-state index contributed by atoms with van der Waals surface area (Å²) in [6, 6.07) is 22.6. The van der Waals surface area contributed by atoms with E-state index in [0.717, 1.165) is 41.0 Å². The van der Waals surface area contributed by atoms with Crippen LogP contribution in [0.5, 0.6) is 0 Å². The maximum absolute atomic E-state index is 13.9. The molecule has 3 aromatic rings. The van der Waals surface area contributed by atoms with Gasteiger partial charge in [-0.15, -0.1) is 0 Å². The smallest absolute Gasteiger partial charge is 0.251 e. The van der Waals surface area contributed by atoms with Gasteiger partial charge in [0.15, 0.2) is 0 Å². The quantitative estimate of drug-likeness (QED) is 0.165. The number of carbonyl (C=O) groups is 3. The standard InChI is InChI=1S/C37H49N5O5S/c1-6-13-34(37(45)40-26(3)29-18-19-29)38-24-32(20-27-14-9-7-10-15-27)41-36(44)31-21-30(22-33(23-31)42(4)48(5,46)47)35(43)39-25(2)28-16-11-8-12-17-28/h7-12,14-17,21-23,25-26,29,32,34,38H,6,13,18-20,24H2,1-5H3,(H,39,43)(H,40,45)(H,41,44)/t25-,26?,32+,34+/m1/s1. The number of anilines is 1. The Morgan fingerprint density at radius 2 is 1.44 bits per heavy atom. The number of benzene rings is 3. The fourth-order valence-electron chi connectivity index (χ4n) is 5.63. The topological polar surface area (TPSA) is 137 Å². The second-order valence-corrected chi connectivity index (χ2v) is 14.9. The van der Waals surface area contributed by atoms with Crippen molar-refractivity contribution in [3.05, 3.63) is 101 Å². The van der Waals surface area contributed by atoms with Gasteiger partial charge in [0.25, 0.3) is 11.8 Å². The molecular weight excluding hydrogens is 627 g/mol. The zero-order valence-corrected chi connectivity index (χ0v) is 29.3. The molecule has 3 amide bonds. The van der Waals surface area contributed by atoms with Crippen LogP contribution >= 0.6 is 0 Å². The Morgan fingerprint density at radius 3 is 2.00 bits per heavy atom. The molecule has 1 aliphatic carbocycles. The number of carbonyl (C=O) groups excluding carboxylic acids is 3. The molecule has 3 aromatic carbocycles. The molecule has 0 aliphatic heterocycles. The van der Waals surface area contributed by atoms with E-state index < -0.39 is 33.9 Å². The van der Waals surface area contributed by atoms with Gasteiger partial charge in [0.05, 0.1) is 24.0 Å². The lowest BCUT2D eigenvalue weighted by molar-refractivity contribution is -0.124. The minimum absolute atomic E-state index is 0.0436. The van der Waals surface area contributed by atoms with Crippen LogP contribution in [0.3, 0.4) is 0 Å². The fourth-order valence-corrected chi connectivity index (χ4v) is 6.12. The largest absolute Gasteiger partial charge is 0.352 e. The normalized spacial score (nSPS) is 15.4. The van der Waals surface area contributed by atoms with Gasteiger partial charge in [-0.1, -0.05) is 74.0 Å². The highest BCUT2D eigenvalue weighted by molar-refractivity contribution is 7.92. The van der Waals surface area contributed by atoms with Crippen LogP contribution in [-0.2, 0) is 21.2 Å². The number of hydrogen-bond donors (Lipinski definition) is 4. The van der Waals surface area contributed by atoms with E-state index in [0.29, 0.717) is 25.3 Å². The Balaban J connectivity index is 1.58.